The first-order valence-corrected chi connectivity index (χ1v) is 8.55. The minimum atomic E-state index is 0.793. The molecule has 0 aliphatic carbocycles. The zero-order chi connectivity index (χ0) is 14.8. The van der Waals surface area contributed by atoms with Gasteiger partial charge in [-0.25, -0.2) is 0 Å². The van der Waals surface area contributed by atoms with E-state index in [4.69, 9.17) is 0 Å². The molecule has 0 unspecified atom stereocenters. The maximum Gasteiger partial charge on any atom is 0.290 e. The number of hydrogen-bond acceptors (Lipinski definition) is 3. The Labute approximate surface area is 129 Å². The molecule has 111 valence electrons. The van der Waals surface area contributed by atoms with Gasteiger partial charge in [-0.15, -0.1) is 0 Å². The second-order valence-electron chi connectivity index (χ2n) is 5.91. The number of rotatable bonds is 10. The van der Waals surface area contributed by atoms with E-state index in [0.29, 0.717) is 0 Å². The van der Waals surface area contributed by atoms with Crippen molar-refractivity contribution in [2.45, 2.75) is 66.2 Å². The molecule has 0 saturated carbocycles. The molecular weight excluding hydrogens is 243 g/mol. The van der Waals surface area contributed by atoms with Crippen LogP contribution in [0.15, 0.2) is 0 Å². The maximum atomic E-state index is 2.39. The molecular formula is C14H31B3N3. The molecule has 6 heteroatoms. The van der Waals surface area contributed by atoms with Crippen LogP contribution in [0.25, 0.3) is 0 Å². The summed E-state index contributed by atoms with van der Waals surface area (Å²) in [6, 6.07) is 0. The smallest absolute Gasteiger partial charge is 0.290 e. The van der Waals surface area contributed by atoms with Crippen molar-refractivity contribution in [1.29, 1.82) is 0 Å². The highest BCUT2D eigenvalue weighted by Crippen LogP contribution is 2.12. The zero-order valence-electron chi connectivity index (χ0n) is 14.0. The molecule has 3 nitrogen and oxygen atoms in total. The van der Waals surface area contributed by atoms with Crippen molar-refractivity contribution in [3.63, 3.8) is 0 Å². The zero-order valence-corrected chi connectivity index (χ0v) is 14.0. The Bertz CT molecular complexity index is 224. The van der Waals surface area contributed by atoms with Crippen molar-refractivity contribution in [3.05, 3.63) is 0 Å². The maximum absolute atomic E-state index is 2.39. The van der Waals surface area contributed by atoms with Crippen LogP contribution in [0.2, 0.25) is 0 Å². The largest absolute Gasteiger partial charge is 0.365 e. The minimum Gasteiger partial charge on any atom is -0.365 e. The Hall–Kier alpha value is 0.0748. The lowest BCUT2D eigenvalue weighted by molar-refractivity contribution is 0.386. The summed E-state index contributed by atoms with van der Waals surface area (Å²) in [5.41, 5.74) is 0. The molecule has 1 rings (SSSR count). The summed E-state index contributed by atoms with van der Waals surface area (Å²) in [6.07, 6.45) is 7.55. The molecule has 0 amide bonds. The van der Waals surface area contributed by atoms with Gasteiger partial charge in [0.25, 0.3) is 22.6 Å². The van der Waals surface area contributed by atoms with Gasteiger partial charge in [-0.2, -0.15) is 0 Å². The Morgan fingerprint density at radius 3 is 1.55 bits per heavy atom. The average Bonchev–Trinajstić information content (AvgIpc) is 2.48. The summed E-state index contributed by atoms with van der Waals surface area (Å²) in [5.74, 6) is 0.793. The van der Waals surface area contributed by atoms with Crippen LogP contribution in [0.4, 0.5) is 0 Å². The van der Waals surface area contributed by atoms with Gasteiger partial charge >= 0.3 is 0 Å². The number of hydrogen-bond donors (Lipinski definition) is 0. The van der Waals surface area contributed by atoms with Gasteiger partial charge in [0.1, 0.15) is 0 Å². The molecule has 1 aliphatic heterocycles. The lowest BCUT2D eigenvalue weighted by Gasteiger charge is -2.41. The third-order valence-corrected chi connectivity index (χ3v) is 4.05. The molecule has 0 aromatic carbocycles. The van der Waals surface area contributed by atoms with Crippen LogP contribution in [0.3, 0.4) is 0 Å². The number of nitrogens with zero attached hydrogens (tertiary/aromatic N) is 3. The molecule has 0 bridgehead atoms. The van der Waals surface area contributed by atoms with Crippen molar-refractivity contribution >= 4 is 22.6 Å². The van der Waals surface area contributed by atoms with E-state index >= 15 is 0 Å². The van der Waals surface area contributed by atoms with E-state index in [9.17, 15) is 0 Å². The summed E-state index contributed by atoms with van der Waals surface area (Å²) >= 11 is 0. The van der Waals surface area contributed by atoms with Crippen molar-refractivity contribution in [3.8, 4) is 0 Å². The van der Waals surface area contributed by atoms with E-state index in [0.717, 1.165) is 25.6 Å². The van der Waals surface area contributed by atoms with Gasteiger partial charge in [0.15, 0.2) is 0 Å². The summed E-state index contributed by atoms with van der Waals surface area (Å²) in [6.45, 7) is 12.5. The second-order valence-corrected chi connectivity index (χ2v) is 5.91. The van der Waals surface area contributed by atoms with Crippen LogP contribution in [-0.4, -0.2) is 56.4 Å². The monoisotopic (exact) mass is 274 g/mol. The van der Waals surface area contributed by atoms with Crippen molar-refractivity contribution in [2.75, 3.05) is 19.6 Å². The first-order valence-electron chi connectivity index (χ1n) is 8.55. The van der Waals surface area contributed by atoms with Crippen molar-refractivity contribution in [1.82, 2.24) is 14.2 Å². The van der Waals surface area contributed by atoms with E-state index < -0.39 is 0 Å². The SMILES string of the molecule is CCCCN1[B]N(CCCC)[B]N(CC(CC)CC)[B]1. The van der Waals surface area contributed by atoms with Crippen LogP contribution in [0.1, 0.15) is 66.2 Å². The van der Waals surface area contributed by atoms with Gasteiger partial charge < -0.3 is 14.2 Å². The lowest BCUT2D eigenvalue weighted by Crippen LogP contribution is -2.62. The molecule has 0 atom stereocenters. The Kier molecular flexibility index (Phi) is 9.74. The number of unbranched alkanes of at least 4 members (excludes halogenated alkanes) is 2. The lowest BCUT2D eigenvalue weighted by atomic mass is 9.72. The van der Waals surface area contributed by atoms with E-state index in [1.54, 1.807) is 0 Å². The van der Waals surface area contributed by atoms with Crippen LogP contribution in [0, 0.1) is 5.92 Å². The normalized spacial score (nSPS) is 17.9. The van der Waals surface area contributed by atoms with Gasteiger partial charge in [-0.1, -0.05) is 53.4 Å². The first kappa shape index (κ1) is 18.1. The van der Waals surface area contributed by atoms with Gasteiger partial charge in [0.05, 0.1) is 0 Å². The Morgan fingerprint density at radius 1 is 0.700 bits per heavy atom. The minimum absolute atomic E-state index is 0.793. The predicted molar refractivity (Wildman–Crippen MR) is 91.3 cm³/mol. The molecule has 1 aliphatic rings. The van der Waals surface area contributed by atoms with E-state index in [1.807, 2.05) is 0 Å². The Balaban J connectivity index is 2.49. The fraction of sp³-hybridized carbons (Fsp3) is 1.00. The fourth-order valence-corrected chi connectivity index (χ4v) is 2.51. The van der Waals surface area contributed by atoms with Gasteiger partial charge in [-0.05, 0) is 38.4 Å². The van der Waals surface area contributed by atoms with E-state index in [1.165, 1.54) is 38.5 Å². The van der Waals surface area contributed by atoms with E-state index in [2.05, 4.69) is 64.5 Å². The molecule has 0 aromatic rings. The quantitative estimate of drug-likeness (QED) is 0.567. The molecule has 1 heterocycles. The third kappa shape index (κ3) is 6.69. The molecule has 1 saturated heterocycles. The fourth-order valence-electron chi connectivity index (χ4n) is 2.51. The van der Waals surface area contributed by atoms with Gasteiger partial charge in [-0.3, -0.25) is 0 Å². The highest BCUT2D eigenvalue weighted by Gasteiger charge is 2.28. The van der Waals surface area contributed by atoms with Gasteiger partial charge in [0.2, 0.25) is 0 Å². The van der Waals surface area contributed by atoms with Crippen LogP contribution >= 0.6 is 0 Å². The summed E-state index contributed by atoms with van der Waals surface area (Å²) in [7, 11) is 6.85. The standard InChI is InChI=1S/C14H31B3N3/c1-5-9-11-18-15-19(12-10-6-2)17-20(16-18)13-14(7-3)8-4/h14H,5-13H2,1-4H3. The van der Waals surface area contributed by atoms with E-state index in [-0.39, 0.29) is 0 Å². The molecule has 3 radical (unpaired) electrons. The van der Waals surface area contributed by atoms with Crippen molar-refractivity contribution < 1.29 is 0 Å². The molecule has 0 aromatic heterocycles. The molecule has 0 N–H and O–H groups in total. The summed E-state index contributed by atoms with van der Waals surface area (Å²) in [5, 5.41) is 0. The van der Waals surface area contributed by atoms with Crippen LogP contribution in [0.5, 0.6) is 0 Å². The highest BCUT2D eigenvalue weighted by atomic mass is 15.3. The third-order valence-electron chi connectivity index (χ3n) is 4.05. The first-order chi connectivity index (χ1) is 9.73. The van der Waals surface area contributed by atoms with Gasteiger partial charge in [0, 0.05) is 0 Å². The average molecular weight is 274 g/mol. The summed E-state index contributed by atoms with van der Waals surface area (Å²) in [4.78, 5) is 0. The molecule has 20 heavy (non-hydrogen) atoms. The second kappa shape index (κ2) is 10.8. The van der Waals surface area contributed by atoms with Crippen molar-refractivity contribution in [2.24, 2.45) is 5.92 Å². The van der Waals surface area contributed by atoms with Crippen LogP contribution < -0.4 is 0 Å². The molecule has 1 fully saturated rings. The molecule has 0 spiro atoms. The summed E-state index contributed by atoms with van der Waals surface area (Å²) < 4.78 is 7.12. The topological polar surface area (TPSA) is 9.72 Å². The predicted octanol–water partition coefficient (Wildman–Crippen LogP) is 2.55. The highest BCUT2D eigenvalue weighted by molar-refractivity contribution is 6.64. The van der Waals surface area contributed by atoms with Crippen LogP contribution in [-0.2, 0) is 0 Å². The Morgan fingerprint density at radius 2 is 1.15 bits per heavy atom.